The lowest BCUT2D eigenvalue weighted by atomic mass is 9.78. The molecule has 0 aromatic heterocycles. The Kier molecular flexibility index (Phi) is 2.16. The SMILES string of the molecule is CC(C)(C)NC12CCN(CC1)CC2. The van der Waals surface area contributed by atoms with Crippen LogP contribution in [0.4, 0.5) is 0 Å². The van der Waals surface area contributed by atoms with E-state index in [0.717, 1.165) is 0 Å². The first-order valence-electron chi connectivity index (χ1n) is 5.51. The number of nitrogens with zero attached hydrogens (tertiary/aromatic N) is 1. The molecule has 0 unspecified atom stereocenters. The molecule has 2 heteroatoms. The van der Waals surface area contributed by atoms with Crippen molar-refractivity contribution in [2.24, 2.45) is 0 Å². The van der Waals surface area contributed by atoms with Crippen molar-refractivity contribution in [2.75, 3.05) is 19.6 Å². The summed E-state index contributed by atoms with van der Waals surface area (Å²) < 4.78 is 0. The smallest absolute Gasteiger partial charge is 0.0222 e. The van der Waals surface area contributed by atoms with Crippen molar-refractivity contribution in [1.29, 1.82) is 0 Å². The summed E-state index contributed by atoms with van der Waals surface area (Å²) in [4.78, 5) is 2.59. The summed E-state index contributed by atoms with van der Waals surface area (Å²) in [6, 6.07) is 0. The molecule has 3 heterocycles. The van der Waals surface area contributed by atoms with E-state index in [9.17, 15) is 0 Å². The molecule has 2 nitrogen and oxygen atoms in total. The number of piperidine rings is 3. The second-order valence-electron chi connectivity index (χ2n) is 5.75. The second kappa shape index (κ2) is 2.96. The van der Waals surface area contributed by atoms with Gasteiger partial charge < -0.3 is 10.2 Å². The Labute approximate surface area is 81.7 Å². The maximum absolute atomic E-state index is 3.83. The highest BCUT2D eigenvalue weighted by Gasteiger charge is 2.40. The van der Waals surface area contributed by atoms with Crippen molar-refractivity contribution >= 4 is 0 Å². The molecule has 0 aromatic carbocycles. The molecule has 0 amide bonds. The highest BCUT2D eigenvalue weighted by molar-refractivity contribution is 5.01. The van der Waals surface area contributed by atoms with Crippen LogP contribution in [0.2, 0.25) is 0 Å². The Hall–Kier alpha value is -0.0800. The van der Waals surface area contributed by atoms with E-state index < -0.39 is 0 Å². The van der Waals surface area contributed by atoms with Gasteiger partial charge in [-0.05, 0) is 59.7 Å². The monoisotopic (exact) mass is 182 g/mol. The average Bonchev–Trinajstić information content (AvgIpc) is 2.03. The van der Waals surface area contributed by atoms with E-state index in [1.807, 2.05) is 0 Å². The van der Waals surface area contributed by atoms with Gasteiger partial charge in [-0.2, -0.15) is 0 Å². The van der Waals surface area contributed by atoms with E-state index in [0.29, 0.717) is 5.54 Å². The Bertz CT molecular complexity index is 171. The summed E-state index contributed by atoms with van der Waals surface area (Å²) >= 11 is 0. The zero-order chi connectivity index (χ0) is 9.53. The van der Waals surface area contributed by atoms with Gasteiger partial charge in [0, 0.05) is 11.1 Å². The molecule has 0 aliphatic carbocycles. The van der Waals surface area contributed by atoms with E-state index in [2.05, 4.69) is 31.0 Å². The molecule has 3 saturated heterocycles. The molecule has 3 rings (SSSR count). The summed E-state index contributed by atoms with van der Waals surface area (Å²) in [5.41, 5.74) is 0.756. The molecule has 0 radical (unpaired) electrons. The lowest BCUT2D eigenvalue weighted by Gasteiger charge is -2.51. The van der Waals surface area contributed by atoms with Gasteiger partial charge in [0.2, 0.25) is 0 Å². The lowest BCUT2D eigenvalue weighted by molar-refractivity contribution is 0.0437. The molecule has 13 heavy (non-hydrogen) atoms. The molecule has 1 N–H and O–H groups in total. The summed E-state index contributed by atoms with van der Waals surface area (Å²) in [6.45, 7) is 10.8. The van der Waals surface area contributed by atoms with Crippen LogP contribution in [0.25, 0.3) is 0 Å². The molecular weight excluding hydrogens is 160 g/mol. The lowest BCUT2D eigenvalue weighted by Crippen LogP contribution is -2.63. The van der Waals surface area contributed by atoms with Crippen LogP contribution in [0.3, 0.4) is 0 Å². The van der Waals surface area contributed by atoms with Crippen LogP contribution in [-0.2, 0) is 0 Å². The summed E-state index contributed by atoms with van der Waals surface area (Å²) in [5, 5.41) is 3.83. The Balaban J connectivity index is 2.03. The molecule has 3 fully saturated rings. The highest BCUT2D eigenvalue weighted by atomic mass is 15.2. The third kappa shape index (κ3) is 2.05. The minimum atomic E-state index is 0.277. The maximum atomic E-state index is 3.83. The maximum Gasteiger partial charge on any atom is 0.0222 e. The van der Waals surface area contributed by atoms with Gasteiger partial charge in [-0.15, -0.1) is 0 Å². The first kappa shape index (κ1) is 9.47. The zero-order valence-electron chi connectivity index (χ0n) is 9.19. The summed E-state index contributed by atoms with van der Waals surface area (Å²) in [7, 11) is 0. The van der Waals surface area contributed by atoms with Gasteiger partial charge in [0.1, 0.15) is 0 Å². The number of hydrogen-bond donors (Lipinski definition) is 1. The Morgan fingerprint density at radius 1 is 1.00 bits per heavy atom. The number of nitrogens with one attached hydrogen (secondary N) is 1. The molecule has 0 aromatic rings. The molecule has 3 aliphatic rings. The van der Waals surface area contributed by atoms with Gasteiger partial charge in [-0.25, -0.2) is 0 Å². The van der Waals surface area contributed by atoms with Crippen molar-refractivity contribution in [2.45, 2.75) is 51.1 Å². The molecular formula is C11H22N2. The topological polar surface area (TPSA) is 15.3 Å². The first-order chi connectivity index (χ1) is 5.99. The molecule has 2 bridgehead atoms. The third-order valence-electron chi connectivity index (χ3n) is 3.36. The number of fused-ring (bicyclic) bond motifs is 3. The van der Waals surface area contributed by atoms with Crippen molar-refractivity contribution in [1.82, 2.24) is 10.2 Å². The van der Waals surface area contributed by atoms with Crippen molar-refractivity contribution in [3.05, 3.63) is 0 Å². The number of rotatable bonds is 1. The largest absolute Gasteiger partial charge is 0.306 e. The van der Waals surface area contributed by atoms with Gasteiger partial charge in [-0.3, -0.25) is 0 Å². The first-order valence-corrected chi connectivity index (χ1v) is 5.51. The second-order valence-corrected chi connectivity index (χ2v) is 5.75. The molecule has 3 aliphatic heterocycles. The van der Waals surface area contributed by atoms with Gasteiger partial charge in [0.25, 0.3) is 0 Å². The highest BCUT2D eigenvalue weighted by Crippen LogP contribution is 2.33. The van der Waals surface area contributed by atoms with Gasteiger partial charge in [0.15, 0.2) is 0 Å². The van der Waals surface area contributed by atoms with Crippen LogP contribution >= 0.6 is 0 Å². The fraction of sp³-hybridized carbons (Fsp3) is 1.00. The average molecular weight is 182 g/mol. The minimum absolute atomic E-state index is 0.277. The fourth-order valence-electron chi connectivity index (χ4n) is 2.81. The molecule has 0 atom stereocenters. The van der Waals surface area contributed by atoms with Crippen LogP contribution in [0.1, 0.15) is 40.0 Å². The zero-order valence-corrected chi connectivity index (χ0v) is 9.19. The Morgan fingerprint density at radius 3 is 1.85 bits per heavy atom. The van der Waals surface area contributed by atoms with Crippen LogP contribution < -0.4 is 5.32 Å². The van der Waals surface area contributed by atoms with E-state index in [4.69, 9.17) is 0 Å². The van der Waals surface area contributed by atoms with E-state index in [1.165, 1.54) is 38.9 Å². The standard InChI is InChI=1S/C11H22N2/c1-10(2,3)12-11-4-7-13(8-5-11)9-6-11/h12H,4-9H2,1-3H3. The summed E-state index contributed by atoms with van der Waals surface area (Å²) in [5.74, 6) is 0. The Morgan fingerprint density at radius 2 is 1.46 bits per heavy atom. The third-order valence-corrected chi connectivity index (χ3v) is 3.36. The van der Waals surface area contributed by atoms with Crippen molar-refractivity contribution in [3.63, 3.8) is 0 Å². The normalized spacial score (nSPS) is 39.5. The summed E-state index contributed by atoms with van der Waals surface area (Å²) in [6.07, 6.45) is 4.05. The fourth-order valence-corrected chi connectivity index (χ4v) is 2.81. The van der Waals surface area contributed by atoms with Crippen LogP contribution in [0.5, 0.6) is 0 Å². The molecule has 76 valence electrons. The molecule has 0 spiro atoms. The minimum Gasteiger partial charge on any atom is -0.306 e. The molecule has 0 saturated carbocycles. The van der Waals surface area contributed by atoms with E-state index in [1.54, 1.807) is 0 Å². The van der Waals surface area contributed by atoms with Gasteiger partial charge >= 0.3 is 0 Å². The van der Waals surface area contributed by atoms with Crippen molar-refractivity contribution in [3.8, 4) is 0 Å². The predicted octanol–water partition coefficient (Wildman–Crippen LogP) is 1.61. The van der Waals surface area contributed by atoms with Gasteiger partial charge in [-0.1, -0.05) is 0 Å². The van der Waals surface area contributed by atoms with Crippen molar-refractivity contribution < 1.29 is 0 Å². The van der Waals surface area contributed by atoms with Crippen LogP contribution in [0.15, 0.2) is 0 Å². The van der Waals surface area contributed by atoms with E-state index >= 15 is 0 Å². The quantitative estimate of drug-likeness (QED) is 0.663. The van der Waals surface area contributed by atoms with E-state index in [-0.39, 0.29) is 5.54 Å². The number of hydrogen-bond acceptors (Lipinski definition) is 2. The van der Waals surface area contributed by atoms with Crippen LogP contribution in [-0.4, -0.2) is 35.6 Å². The predicted molar refractivity (Wildman–Crippen MR) is 55.9 cm³/mol. The van der Waals surface area contributed by atoms with Gasteiger partial charge in [0.05, 0.1) is 0 Å². The van der Waals surface area contributed by atoms with Crippen LogP contribution in [0, 0.1) is 0 Å².